The predicted molar refractivity (Wildman–Crippen MR) is 72.8 cm³/mol. The summed E-state index contributed by atoms with van der Waals surface area (Å²) in [4.78, 5) is 0. The summed E-state index contributed by atoms with van der Waals surface area (Å²) in [7, 11) is 0. The van der Waals surface area contributed by atoms with Gasteiger partial charge in [0.05, 0.1) is 6.61 Å². The number of aliphatic hydroxyl groups is 1. The van der Waals surface area contributed by atoms with Gasteiger partial charge in [0.1, 0.15) is 5.75 Å². The van der Waals surface area contributed by atoms with Crippen LogP contribution in [0, 0.1) is 5.92 Å². The van der Waals surface area contributed by atoms with Gasteiger partial charge in [-0.3, -0.25) is 0 Å². The summed E-state index contributed by atoms with van der Waals surface area (Å²) in [6.45, 7) is 4.21. The van der Waals surface area contributed by atoms with E-state index in [1.54, 1.807) is 0 Å². The minimum atomic E-state index is 0.282. The first-order valence-corrected chi connectivity index (χ1v) is 6.91. The van der Waals surface area contributed by atoms with Gasteiger partial charge in [-0.25, -0.2) is 0 Å². The average molecular weight is 249 g/mol. The Kier molecular flexibility index (Phi) is 5.02. The van der Waals surface area contributed by atoms with Crippen LogP contribution in [-0.2, 0) is 0 Å². The lowest BCUT2D eigenvalue weighted by Gasteiger charge is -2.28. The van der Waals surface area contributed by atoms with E-state index in [1.807, 2.05) is 12.1 Å². The molecule has 1 heterocycles. The largest absolute Gasteiger partial charge is 0.493 e. The summed E-state index contributed by atoms with van der Waals surface area (Å²) < 4.78 is 5.65. The molecule has 0 radical (unpaired) electrons. The molecule has 0 spiro atoms. The van der Waals surface area contributed by atoms with E-state index in [4.69, 9.17) is 9.84 Å². The Hall–Kier alpha value is -1.06. The molecule has 2 atom stereocenters. The molecular weight excluding hydrogens is 226 g/mol. The summed E-state index contributed by atoms with van der Waals surface area (Å²) in [5, 5.41) is 12.6. The maximum Gasteiger partial charge on any atom is 0.124 e. The molecule has 3 heteroatoms. The Labute approximate surface area is 109 Å². The molecule has 3 nitrogen and oxygen atoms in total. The van der Waals surface area contributed by atoms with Crippen LogP contribution in [0.5, 0.6) is 5.75 Å². The van der Waals surface area contributed by atoms with Crippen LogP contribution in [0.1, 0.15) is 37.8 Å². The molecule has 0 amide bonds. The molecule has 0 fully saturated rings. The Bertz CT molecular complexity index is 367. The van der Waals surface area contributed by atoms with Crippen LogP contribution in [0.3, 0.4) is 0 Å². The summed E-state index contributed by atoms with van der Waals surface area (Å²) in [6, 6.07) is 8.64. The molecule has 0 saturated carbocycles. The number of rotatable bonds is 6. The number of hydrogen-bond acceptors (Lipinski definition) is 3. The lowest BCUT2D eigenvalue weighted by Crippen LogP contribution is -2.31. The first kappa shape index (κ1) is 13.4. The highest BCUT2D eigenvalue weighted by Gasteiger charge is 2.21. The molecule has 1 aromatic carbocycles. The molecule has 1 aromatic rings. The smallest absolute Gasteiger partial charge is 0.124 e. The molecule has 18 heavy (non-hydrogen) atoms. The zero-order valence-corrected chi connectivity index (χ0v) is 11.1. The first-order chi connectivity index (χ1) is 8.85. The number of fused-ring (bicyclic) bond motifs is 1. The topological polar surface area (TPSA) is 41.5 Å². The van der Waals surface area contributed by atoms with Gasteiger partial charge in [-0.15, -0.1) is 0 Å². The Balaban J connectivity index is 1.94. The Morgan fingerprint density at radius 1 is 1.44 bits per heavy atom. The standard InChI is InChI=1S/C15H23NO2/c1-2-12(7-9-17)11-16-14-8-10-18-15-6-4-3-5-13(14)15/h3-6,12,14,16-17H,2,7-11H2,1H3. The van der Waals surface area contributed by atoms with E-state index in [9.17, 15) is 0 Å². The van der Waals surface area contributed by atoms with E-state index in [0.717, 1.165) is 38.2 Å². The van der Waals surface area contributed by atoms with Gasteiger partial charge in [-0.1, -0.05) is 31.5 Å². The van der Waals surface area contributed by atoms with Gasteiger partial charge in [0.25, 0.3) is 0 Å². The van der Waals surface area contributed by atoms with Gasteiger partial charge in [0.2, 0.25) is 0 Å². The van der Waals surface area contributed by atoms with Crippen LogP contribution in [-0.4, -0.2) is 24.9 Å². The summed E-state index contributed by atoms with van der Waals surface area (Å²) >= 11 is 0. The number of aliphatic hydroxyl groups excluding tert-OH is 1. The number of benzene rings is 1. The maximum atomic E-state index is 9.01. The Morgan fingerprint density at radius 2 is 2.28 bits per heavy atom. The first-order valence-electron chi connectivity index (χ1n) is 6.91. The molecule has 100 valence electrons. The fourth-order valence-electron chi connectivity index (χ4n) is 2.50. The molecule has 2 unspecified atom stereocenters. The van der Waals surface area contributed by atoms with Crippen molar-refractivity contribution in [3.05, 3.63) is 29.8 Å². The zero-order valence-electron chi connectivity index (χ0n) is 11.1. The highest BCUT2D eigenvalue weighted by molar-refractivity contribution is 5.37. The predicted octanol–water partition coefficient (Wildman–Crippen LogP) is 2.51. The Morgan fingerprint density at radius 3 is 3.06 bits per heavy atom. The monoisotopic (exact) mass is 249 g/mol. The molecule has 2 rings (SSSR count). The second kappa shape index (κ2) is 6.76. The minimum Gasteiger partial charge on any atom is -0.493 e. The maximum absolute atomic E-state index is 9.01. The van der Waals surface area contributed by atoms with Gasteiger partial charge in [0.15, 0.2) is 0 Å². The van der Waals surface area contributed by atoms with E-state index < -0.39 is 0 Å². The van der Waals surface area contributed by atoms with E-state index in [-0.39, 0.29) is 6.61 Å². The third kappa shape index (κ3) is 3.24. The van der Waals surface area contributed by atoms with E-state index >= 15 is 0 Å². The van der Waals surface area contributed by atoms with Crippen molar-refractivity contribution >= 4 is 0 Å². The van der Waals surface area contributed by atoms with Crippen LogP contribution in [0.25, 0.3) is 0 Å². The zero-order chi connectivity index (χ0) is 12.8. The van der Waals surface area contributed by atoms with Crippen molar-refractivity contribution in [1.29, 1.82) is 0 Å². The fraction of sp³-hybridized carbons (Fsp3) is 0.600. The molecule has 1 aliphatic heterocycles. The van der Waals surface area contributed by atoms with Crippen molar-refractivity contribution in [2.45, 2.75) is 32.2 Å². The minimum absolute atomic E-state index is 0.282. The van der Waals surface area contributed by atoms with Crippen LogP contribution < -0.4 is 10.1 Å². The molecule has 1 aliphatic rings. The lowest BCUT2D eigenvalue weighted by atomic mass is 9.98. The van der Waals surface area contributed by atoms with Crippen molar-refractivity contribution in [2.24, 2.45) is 5.92 Å². The van der Waals surface area contributed by atoms with E-state index in [0.29, 0.717) is 12.0 Å². The summed E-state index contributed by atoms with van der Waals surface area (Å²) in [5.41, 5.74) is 1.27. The average Bonchev–Trinajstić information content (AvgIpc) is 2.43. The third-order valence-electron chi connectivity index (χ3n) is 3.73. The summed E-state index contributed by atoms with van der Waals surface area (Å²) in [6.07, 6.45) is 3.01. The number of hydrogen-bond donors (Lipinski definition) is 2. The number of nitrogens with one attached hydrogen (secondary N) is 1. The van der Waals surface area contributed by atoms with Gasteiger partial charge < -0.3 is 15.2 Å². The van der Waals surface area contributed by atoms with Crippen molar-refractivity contribution in [2.75, 3.05) is 19.8 Å². The van der Waals surface area contributed by atoms with Crippen LogP contribution in [0.4, 0.5) is 0 Å². The number of para-hydroxylation sites is 1. The fourth-order valence-corrected chi connectivity index (χ4v) is 2.50. The second-order valence-corrected chi connectivity index (χ2v) is 4.92. The molecule has 0 saturated heterocycles. The van der Waals surface area contributed by atoms with Crippen molar-refractivity contribution in [3.8, 4) is 5.75 Å². The highest BCUT2D eigenvalue weighted by atomic mass is 16.5. The number of ether oxygens (including phenoxy) is 1. The highest BCUT2D eigenvalue weighted by Crippen LogP contribution is 2.31. The van der Waals surface area contributed by atoms with Gasteiger partial charge in [-0.05, 0) is 24.9 Å². The van der Waals surface area contributed by atoms with Gasteiger partial charge >= 0.3 is 0 Å². The second-order valence-electron chi connectivity index (χ2n) is 4.92. The molecule has 2 N–H and O–H groups in total. The summed E-state index contributed by atoms with van der Waals surface area (Å²) in [5.74, 6) is 1.57. The third-order valence-corrected chi connectivity index (χ3v) is 3.73. The van der Waals surface area contributed by atoms with Crippen LogP contribution >= 0.6 is 0 Å². The van der Waals surface area contributed by atoms with Crippen LogP contribution in [0.15, 0.2) is 24.3 Å². The molecule has 0 bridgehead atoms. The van der Waals surface area contributed by atoms with E-state index in [1.165, 1.54) is 5.56 Å². The van der Waals surface area contributed by atoms with Crippen molar-refractivity contribution in [1.82, 2.24) is 5.32 Å². The quantitative estimate of drug-likeness (QED) is 0.814. The van der Waals surface area contributed by atoms with Crippen LogP contribution in [0.2, 0.25) is 0 Å². The van der Waals surface area contributed by atoms with Crippen molar-refractivity contribution < 1.29 is 9.84 Å². The SMILES string of the molecule is CCC(CCO)CNC1CCOc2ccccc21. The molecular formula is C15H23NO2. The van der Waals surface area contributed by atoms with Crippen molar-refractivity contribution in [3.63, 3.8) is 0 Å². The van der Waals surface area contributed by atoms with Gasteiger partial charge in [-0.2, -0.15) is 0 Å². The van der Waals surface area contributed by atoms with Gasteiger partial charge in [0, 0.05) is 24.6 Å². The molecule has 0 aromatic heterocycles. The molecule has 0 aliphatic carbocycles. The normalized spacial score (nSPS) is 20.0. The lowest BCUT2D eigenvalue weighted by molar-refractivity contribution is 0.230. The van der Waals surface area contributed by atoms with E-state index in [2.05, 4.69) is 24.4 Å².